The summed E-state index contributed by atoms with van der Waals surface area (Å²) >= 11 is 0. The molecule has 0 bridgehead atoms. The number of hydrogen-bond acceptors (Lipinski definition) is 5. The third-order valence-electron chi connectivity index (χ3n) is 5.03. The quantitative estimate of drug-likeness (QED) is 0.699. The third kappa shape index (κ3) is 3.87. The van der Waals surface area contributed by atoms with Crippen molar-refractivity contribution in [2.75, 3.05) is 31.0 Å². The highest BCUT2D eigenvalue weighted by molar-refractivity contribution is 6.07. The zero-order valence-corrected chi connectivity index (χ0v) is 16.5. The first kappa shape index (κ1) is 18.8. The summed E-state index contributed by atoms with van der Waals surface area (Å²) in [5.41, 5.74) is 3.50. The van der Waals surface area contributed by atoms with Crippen LogP contribution in [0.4, 0.5) is 17.2 Å². The van der Waals surface area contributed by atoms with Gasteiger partial charge in [0.25, 0.3) is 5.91 Å². The van der Waals surface area contributed by atoms with Crippen LogP contribution in [0.2, 0.25) is 0 Å². The van der Waals surface area contributed by atoms with Gasteiger partial charge in [0, 0.05) is 30.1 Å². The van der Waals surface area contributed by atoms with E-state index in [1.165, 1.54) is 5.56 Å². The molecule has 0 radical (unpaired) electrons. The number of nitrogens with zero attached hydrogens (tertiary/aromatic N) is 2. The average molecular weight is 389 g/mol. The lowest BCUT2D eigenvalue weighted by molar-refractivity contribution is 0.0985. The summed E-state index contributed by atoms with van der Waals surface area (Å²) in [6.07, 6.45) is 3.59. The van der Waals surface area contributed by atoms with Crippen molar-refractivity contribution in [3.63, 3.8) is 0 Å². The highest BCUT2D eigenvalue weighted by Crippen LogP contribution is 2.32. The molecular formula is C23H23N3O3. The molecule has 0 unspecified atom stereocenters. The number of rotatable bonds is 5. The van der Waals surface area contributed by atoms with E-state index in [-0.39, 0.29) is 5.91 Å². The van der Waals surface area contributed by atoms with Gasteiger partial charge in [-0.2, -0.15) is 0 Å². The van der Waals surface area contributed by atoms with E-state index in [2.05, 4.69) is 16.4 Å². The molecule has 6 heteroatoms. The second kappa shape index (κ2) is 8.22. The number of methoxy groups -OCH3 is 2. The Kier molecular flexibility index (Phi) is 5.33. The van der Waals surface area contributed by atoms with Gasteiger partial charge in [0.05, 0.1) is 19.9 Å². The summed E-state index contributed by atoms with van der Waals surface area (Å²) in [6.45, 7) is 0.713. The number of pyridine rings is 1. The van der Waals surface area contributed by atoms with Crippen molar-refractivity contribution >= 4 is 23.1 Å². The van der Waals surface area contributed by atoms with Crippen molar-refractivity contribution in [3.8, 4) is 11.5 Å². The molecule has 3 aromatic rings. The lowest BCUT2D eigenvalue weighted by Gasteiger charge is -2.29. The fourth-order valence-electron chi connectivity index (χ4n) is 3.58. The number of benzene rings is 2. The van der Waals surface area contributed by atoms with Gasteiger partial charge in [-0.15, -0.1) is 0 Å². The van der Waals surface area contributed by atoms with Gasteiger partial charge in [-0.3, -0.25) is 4.79 Å². The van der Waals surface area contributed by atoms with Gasteiger partial charge in [0.1, 0.15) is 17.3 Å². The fourth-order valence-corrected chi connectivity index (χ4v) is 3.58. The number of anilines is 3. The summed E-state index contributed by atoms with van der Waals surface area (Å²) < 4.78 is 10.7. The number of amides is 1. The van der Waals surface area contributed by atoms with Crippen LogP contribution in [0.3, 0.4) is 0 Å². The SMILES string of the molecule is COc1ccc(OC)c(Nc2cc(C(=O)N3CCCc4ccccc43)ccn2)c1. The second-order valence-corrected chi connectivity index (χ2v) is 6.81. The standard InChI is InChI=1S/C23H23N3O3/c1-28-18-9-10-21(29-2)19(15-18)25-22-14-17(11-12-24-22)23(27)26-13-5-7-16-6-3-4-8-20(16)26/h3-4,6,8-12,14-15H,5,7,13H2,1-2H3,(H,24,25). The van der Waals surface area contributed by atoms with Crippen LogP contribution < -0.4 is 19.7 Å². The molecule has 0 spiro atoms. The van der Waals surface area contributed by atoms with Crippen molar-refractivity contribution in [2.24, 2.45) is 0 Å². The summed E-state index contributed by atoms with van der Waals surface area (Å²) in [4.78, 5) is 19.4. The molecule has 0 fully saturated rings. The minimum atomic E-state index is -0.0276. The maximum Gasteiger partial charge on any atom is 0.258 e. The average Bonchev–Trinajstić information content (AvgIpc) is 2.78. The Morgan fingerprint density at radius 2 is 1.93 bits per heavy atom. The van der Waals surface area contributed by atoms with Crippen molar-refractivity contribution in [1.29, 1.82) is 0 Å². The van der Waals surface area contributed by atoms with Gasteiger partial charge in [-0.25, -0.2) is 4.98 Å². The van der Waals surface area contributed by atoms with Crippen LogP contribution in [0, 0.1) is 0 Å². The topological polar surface area (TPSA) is 63.7 Å². The molecule has 0 atom stereocenters. The largest absolute Gasteiger partial charge is 0.497 e. The first-order chi connectivity index (χ1) is 14.2. The highest BCUT2D eigenvalue weighted by Gasteiger charge is 2.23. The van der Waals surface area contributed by atoms with E-state index in [0.29, 0.717) is 35.1 Å². The maximum absolute atomic E-state index is 13.2. The van der Waals surface area contributed by atoms with E-state index >= 15 is 0 Å². The van der Waals surface area contributed by atoms with Gasteiger partial charge < -0.3 is 19.7 Å². The predicted molar refractivity (Wildman–Crippen MR) is 114 cm³/mol. The van der Waals surface area contributed by atoms with Gasteiger partial charge in [0.15, 0.2) is 0 Å². The Hall–Kier alpha value is -3.54. The number of fused-ring (bicyclic) bond motifs is 1. The summed E-state index contributed by atoms with van der Waals surface area (Å²) in [6, 6.07) is 17.1. The van der Waals surface area contributed by atoms with Gasteiger partial charge >= 0.3 is 0 Å². The minimum absolute atomic E-state index is 0.0276. The van der Waals surface area contributed by atoms with Crippen molar-refractivity contribution in [1.82, 2.24) is 4.98 Å². The van der Waals surface area contributed by atoms with Gasteiger partial charge in [-0.05, 0) is 48.7 Å². The molecule has 1 N–H and O–H groups in total. The van der Waals surface area contributed by atoms with Crippen LogP contribution in [-0.2, 0) is 6.42 Å². The monoisotopic (exact) mass is 389 g/mol. The van der Waals surface area contributed by atoms with Crippen LogP contribution in [0.1, 0.15) is 22.3 Å². The van der Waals surface area contributed by atoms with Crippen molar-refractivity contribution < 1.29 is 14.3 Å². The molecule has 0 aliphatic carbocycles. The van der Waals surface area contributed by atoms with Crippen LogP contribution in [0.25, 0.3) is 0 Å². The molecule has 6 nitrogen and oxygen atoms in total. The number of ether oxygens (including phenoxy) is 2. The molecule has 4 rings (SSSR count). The Balaban J connectivity index is 1.61. The van der Waals surface area contributed by atoms with Crippen LogP contribution in [0.5, 0.6) is 11.5 Å². The van der Waals surface area contributed by atoms with E-state index < -0.39 is 0 Å². The number of aryl methyl sites for hydroxylation is 1. The first-order valence-electron chi connectivity index (χ1n) is 9.54. The molecule has 1 aliphatic heterocycles. The summed E-state index contributed by atoms with van der Waals surface area (Å²) in [5, 5.41) is 3.23. The van der Waals surface area contributed by atoms with E-state index in [4.69, 9.17) is 9.47 Å². The lowest BCUT2D eigenvalue weighted by atomic mass is 10.0. The van der Waals surface area contributed by atoms with E-state index in [0.717, 1.165) is 18.5 Å². The number of hydrogen-bond donors (Lipinski definition) is 1. The molecule has 1 amide bonds. The van der Waals surface area contributed by atoms with Gasteiger partial charge in [-0.1, -0.05) is 18.2 Å². The lowest BCUT2D eigenvalue weighted by Crippen LogP contribution is -2.35. The number of nitrogens with one attached hydrogen (secondary N) is 1. The Morgan fingerprint density at radius 3 is 2.76 bits per heavy atom. The predicted octanol–water partition coefficient (Wildman–Crippen LogP) is 4.44. The molecule has 2 aromatic carbocycles. The van der Waals surface area contributed by atoms with E-state index in [1.54, 1.807) is 32.5 Å². The third-order valence-corrected chi connectivity index (χ3v) is 5.03. The number of carbonyl (C=O) groups is 1. The Morgan fingerprint density at radius 1 is 1.07 bits per heavy atom. The molecular weight excluding hydrogens is 366 g/mol. The van der Waals surface area contributed by atoms with E-state index in [1.807, 2.05) is 41.3 Å². The van der Waals surface area contributed by atoms with E-state index in [9.17, 15) is 4.79 Å². The summed E-state index contributed by atoms with van der Waals surface area (Å²) in [5.74, 6) is 1.90. The van der Waals surface area contributed by atoms with Crippen LogP contribution in [-0.4, -0.2) is 31.7 Å². The molecule has 148 valence electrons. The molecule has 1 aliphatic rings. The van der Waals surface area contributed by atoms with Crippen LogP contribution in [0.15, 0.2) is 60.8 Å². The minimum Gasteiger partial charge on any atom is -0.497 e. The number of carbonyl (C=O) groups excluding carboxylic acids is 1. The smallest absolute Gasteiger partial charge is 0.258 e. The fraction of sp³-hybridized carbons (Fsp3) is 0.217. The number of para-hydroxylation sites is 1. The zero-order valence-electron chi connectivity index (χ0n) is 16.5. The second-order valence-electron chi connectivity index (χ2n) is 6.81. The van der Waals surface area contributed by atoms with Crippen molar-refractivity contribution in [2.45, 2.75) is 12.8 Å². The van der Waals surface area contributed by atoms with Crippen molar-refractivity contribution in [3.05, 3.63) is 71.9 Å². The molecule has 2 heterocycles. The molecule has 1 aromatic heterocycles. The molecule has 0 saturated carbocycles. The summed E-state index contributed by atoms with van der Waals surface area (Å²) in [7, 11) is 3.22. The zero-order chi connectivity index (χ0) is 20.2. The maximum atomic E-state index is 13.2. The molecule has 0 saturated heterocycles. The molecule has 29 heavy (non-hydrogen) atoms. The van der Waals surface area contributed by atoms with Gasteiger partial charge in [0.2, 0.25) is 0 Å². The first-order valence-corrected chi connectivity index (χ1v) is 9.54. The Labute approximate surface area is 170 Å². The Bertz CT molecular complexity index is 1040. The highest BCUT2D eigenvalue weighted by atomic mass is 16.5. The normalized spacial score (nSPS) is 12.8. The van der Waals surface area contributed by atoms with Crippen LogP contribution >= 0.6 is 0 Å². The number of aromatic nitrogens is 1.